The molecule has 0 aromatic heterocycles. The first-order chi connectivity index (χ1) is 13.3. The van der Waals surface area contributed by atoms with Crippen LogP contribution in [0.2, 0.25) is 0 Å². The maximum Gasteiger partial charge on any atom is 0.309 e. The van der Waals surface area contributed by atoms with Crippen LogP contribution in [0, 0.1) is 29.1 Å². The van der Waals surface area contributed by atoms with Gasteiger partial charge in [0.25, 0.3) is 0 Å². The number of hydrogen-bond donors (Lipinski definition) is 3. The molecule has 0 aromatic rings. The molecule has 6 heteroatoms. The molecule has 0 amide bonds. The minimum atomic E-state index is -1.26. The molecule has 2 unspecified atom stereocenters. The molecule has 7 aliphatic rings. The summed E-state index contributed by atoms with van der Waals surface area (Å²) in [6.45, 7) is 3.50. The predicted molar refractivity (Wildman–Crippen MR) is 100.0 cm³/mol. The summed E-state index contributed by atoms with van der Waals surface area (Å²) in [5, 5.41) is 35.8. The number of nitrogens with zero attached hydrogens (tertiary/aromatic N) is 1. The van der Waals surface area contributed by atoms with E-state index in [1.165, 1.54) is 7.11 Å². The average Bonchev–Trinajstić information content (AvgIpc) is 3.25. The zero-order chi connectivity index (χ0) is 19.6. The lowest BCUT2D eigenvalue weighted by molar-refractivity contribution is -0.192. The van der Waals surface area contributed by atoms with Gasteiger partial charge in [0.05, 0.1) is 41.8 Å². The number of aliphatic hydroxyl groups excluding tert-OH is 1. The topological polar surface area (TPSA) is 90.2 Å². The molecule has 6 nitrogen and oxygen atoms in total. The molecule has 6 bridgehead atoms. The van der Waals surface area contributed by atoms with Gasteiger partial charge in [-0.2, -0.15) is 0 Å². The van der Waals surface area contributed by atoms with Gasteiger partial charge in [-0.25, -0.2) is 0 Å². The second kappa shape index (κ2) is 5.09. The van der Waals surface area contributed by atoms with E-state index in [-0.39, 0.29) is 35.7 Å². The molecule has 3 heterocycles. The van der Waals surface area contributed by atoms with E-state index in [0.717, 1.165) is 30.5 Å². The first-order valence-corrected chi connectivity index (χ1v) is 10.7. The lowest BCUT2D eigenvalue weighted by atomic mass is 9.49. The molecule has 4 aliphatic carbocycles. The number of hydrogen-bond acceptors (Lipinski definition) is 6. The third-order valence-electron chi connectivity index (χ3n) is 9.41. The molecule has 152 valence electrons. The Morgan fingerprint density at radius 2 is 2.11 bits per heavy atom. The molecule has 1 saturated carbocycles. The van der Waals surface area contributed by atoms with Crippen LogP contribution in [0.25, 0.3) is 0 Å². The minimum absolute atomic E-state index is 0.0310. The number of carbonyl (C=O) groups excluding carboxylic acids is 1. The monoisotopic (exact) mass is 387 g/mol. The molecule has 3 fully saturated rings. The van der Waals surface area contributed by atoms with Crippen LogP contribution in [-0.4, -0.2) is 69.7 Å². The van der Waals surface area contributed by atoms with E-state index in [9.17, 15) is 20.1 Å². The van der Waals surface area contributed by atoms with Crippen molar-refractivity contribution < 1.29 is 24.9 Å². The molecule has 10 atom stereocenters. The van der Waals surface area contributed by atoms with E-state index in [1.54, 1.807) is 0 Å². The molecule has 7 rings (SSSR count). The number of ether oxygens (including phenoxy) is 1. The molecular weight excluding hydrogens is 358 g/mol. The van der Waals surface area contributed by atoms with Crippen molar-refractivity contribution in [3.05, 3.63) is 23.3 Å². The Labute approximate surface area is 164 Å². The van der Waals surface area contributed by atoms with Crippen LogP contribution in [0.1, 0.15) is 32.6 Å². The maximum absolute atomic E-state index is 12.8. The number of carbonyl (C=O) groups is 1. The summed E-state index contributed by atoms with van der Waals surface area (Å²) in [5.74, 6) is -0.890. The van der Waals surface area contributed by atoms with Crippen LogP contribution in [0.4, 0.5) is 0 Å². The second-order valence-electron chi connectivity index (χ2n) is 10.1. The van der Waals surface area contributed by atoms with Crippen molar-refractivity contribution in [3.63, 3.8) is 0 Å². The zero-order valence-corrected chi connectivity index (χ0v) is 16.5. The normalized spacial score (nSPS) is 58.0. The van der Waals surface area contributed by atoms with E-state index in [0.29, 0.717) is 19.4 Å². The Kier molecular flexibility index (Phi) is 3.21. The molecule has 3 aliphatic heterocycles. The smallest absolute Gasteiger partial charge is 0.309 e. The van der Waals surface area contributed by atoms with Crippen LogP contribution in [0.5, 0.6) is 0 Å². The average molecular weight is 387 g/mol. The SMILES string of the molecule is COC(=O)[C@@H]1C[C@]23C4=C(CC[C@@H]41)[C@H](O)C[C@@H]1CN4C[C@H](C)[C@@]2(O)C4C=C[C@@]13O. The number of esters is 1. The maximum atomic E-state index is 12.8. The zero-order valence-electron chi connectivity index (χ0n) is 16.5. The summed E-state index contributed by atoms with van der Waals surface area (Å²) in [6, 6.07) is -0.158. The van der Waals surface area contributed by atoms with Gasteiger partial charge in [0.15, 0.2) is 0 Å². The van der Waals surface area contributed by atoms with E-state index < -0.39 is 22.7 Å². The molecule has 2 saturated heterocycles. The first-order valence-electron chi connectivity index (χ1n) is 10.7. The van der Waals surface area contributed by atoms with Crippen molar-refractivity contribution in [1.82, 2.24) is 4.90 Å². The van der Waals surface area contributed by atoms with Crippen LogP contribution in [0.3, 0.4) is 0 Å². The van der Waals surface area contributed by atoms with E-state index >= 15 is 0 Å². The van der Waals surface area contributed by atoms with Gasteiger partial charge < -0.3 is 20.1 Å². The Bertz CT molecular complexity index is 837. The fraction of sp³-hybridized carbons (Fsp3) is 0.773. The number of methoxy groups -OCH3 is 1. The highest BCUT2D eigenvalue weighted by Gasteiger charge is 2.80. The van der Waals surface area contributed by atoms with Crippen LogP contribution >= 0.6 is 0 Å². The minimum Gasteiger partial charge on any atom is -0.469 e. The van der Waals surface area contributed by atoms with Gasteiger partial charge in [-0.3, -0.25) is 9.69 Å². The van der Waals surface area contributed by atoms with Gasteiger partial charge in [-0.1, -0.05) is 24.6 Å². The van der Waals surface area contributed by atoms with E-state index in [2.05, 4.69) is 11.8 Å². The highest BCUT2D eigenvalue weighted by atomic mass is 16.5. The van der Waals surface area contributed by atoms with Gasteiger partial charge in [0.2, 0.25) is 0 Å². The standard InChI is InChI=1S/C22H29NO5/c1-11-9-23-10-12-7-16(24)14-4-3-13-15(19(25)28-2)8-20(18(13)14)21(12,26)6-5-17(23)22(11,20)27/h5-6,11-13,15-17,24,26-27H,3-4,7-10H2,1-2H3/t11-,12+,13+,15+,16+,17?,20+,21+,22+/m0/s1. The van der Waals surface area contributed by atoms with Crippen LogP contribution in [-0.2, 0) is 9.53 Å². The Hall–Kier alpha value is -1.21. The van der Waals surface area contributed by atoms with Crippen molar-refractivity contribution in [2.45, 2.75) is 56.0 Å². The number of aliphatic hydroxyl groups is 3. The molecule has 0 radical (unpaired) electrons. The number of rotatable bonds is 1. The molecule has 1 spiro atoms. The fourth-order valence-corrected chi connectivity index (χ4v) is 8.48. The van der Waals surface area contributed by atoms with Crippen LogP contribution < -0.4 is 0 Å². The summed E-state index contributed by atoms with van der Waals surface area (Å²) < 4.78 is 5.15. The Morgan fingerprint density at radius 3 is 2.86 bits per heavy atom. The largest absolute Gasteiger partial charge is 0.469 e. The quantitative estimate of drug-likeness (QED) is 0.451. The lowest BCUT2D eigenvalue weighted by Crippen LogP contribution is -2.69. The van der Waals surface area contributed by atoms with Gasteiger partial charge in [-0.15, -0.1) is 0 Å². The van der Waals surface area contributed by atoms with Crippen molar-refractivity contribution in [2.75, 3.05) is 20.2 Å². The molecular formula is C22H29NO5. The molecule has 28 heavy (non-hydrogen) atoms. The van der Waals surface area contributed by atoms with Gasteiger partial charge in [0.1, 0.15) is 0 Å². The van der Waals surface area contributed by atoms with E-state index in [4.69, 9.17) is 4.74 Å². The lowest BCUT2D eigenvalue weighted by Gasteiger charge is -2.58. The summed E-state index contributed by atoms with van der Waals surface area (Å²) in [4.78, 5) is 15.0. The molecule has 3 N–H and O–H groups in total. The van der Waals surface area contributed by atoms with Crippen molar-refractivity contribution >= 4 is 5.97 Å². The summed E-state index contributed by atoms with van der Waals surface area (Å²) >= 11 is 0. The highest BCUT2D eigenvalue weighted by Crippen LogP contribution is 2.74. The first kappa shape index (κ1) is 17.6. The van der Waals surface area contributed by atoms with Gasteiger partial charge in [0, 0.05) is 24.9 Å². The summed E-state index contributed by atoms with van der Waals surface area (Å²) in [5.41, 5.74) is -1.37. The highest BCUT2D eigenvalue weighted by molar-refractivity contribution is 5.76. The second-order valence-corrected chi connectivity index (χ2v) is 10.1. The van der Waals surface area contributed by atoms with Crippen molar-refractivity contribution in [2.24, 2.45) is 29.1 Å². The van der Waals surface area contributed by atoms with Gasteiger partial charge >= 0.3 is 5.97 Å². The fourth-order valence-electron chi connectivity index (χ4n) is 8.48. The molecule has 0 aromatic carbocycles. The predicted octanol–water partition coefficient (Wildman–Crippen LogP) is 0.619. The van der Waals surface area contributed by atoms with E-state index in [1.807, 2.05) is 12.2 Å². The van der Waals surface area contributed by atoms with Crippen molar-refractivity contribution in [3.8, 4) is 0 Å². The van der Waals surface area contributed by atoms with Crippen LogP contribution in [0.15, 0.2) is 23.3 Å². The third-order valence-corrected chi connectivity index (χ3v) is 9.41. The van der Waals surface area contributed by atoms with Crippen molar-refractivity contribution in [1.29, 1.82) is 0 Å². The summed E-state index contributed by atoms with van der Waals surface area (Å²) in [7, 11) is 1.42. The third kappa shape index (κ3) is 1.56. The van der Waals surface area contributed by atoms with Gasteiger partial charge in [-0.05, 0) is 37.2 Å². The Morgan fingerprint density at radius 1 is 1.32 bits per heavy atom. The summed E-state index contributed by atoms with van der Waals surface area (Å²) in [6.07, 6.45) is 5.71. The Balaban J connectivity index is 1.70.